The number of halogens is 1. The Morgan fingerprint density at radius 2 is 2.06 bits per heavy atom. The summed E-state index contributed by atoms with van der Waals surface area (Å²) in [6.07, 6.45) is 2.03. The Kier molecular flexibility index (Phi) is 6.13. The van der Waals surface area contributed by atoms with Crippen molar-refractivity contribution in [2.45, 2.75) is 39.7 Å². The zero-order chi connectivity index (χ0) is 13.5. The molecule has 0 amide bonds. The van der Waals surface area contributed by atoms with E-state index in [1.165, 1.54) is 6.07 Å². The van der Waals surface area contributed by atoms with Gasteiger partial charge in [-0.2, -0.15) is 0 Å². The van der Waals surface area contributed by atoms with E-state index in [0.29, 0.717) is 5.92 Å². The minimum atomic E-state index is -0.210. The monoisotopic (exact) mass is 253 g/mol. The summed E-state index contributed by atoms with van der Waals surface area (Å²) < 4.78 is 18.8. The lowest BCUT2D eigenvalue weighted by Crippen LogP contribution is -2.24. The van der Waals surface area contributed by atoms with Gasteiger partial charge in [0.25, 0.3) is 0 Å². The van der Waals surface area contributed by atoms with E-state index >= 15 is 0 Å². The van der Waals surface area contributed by atoms with Crippen LogP contribution in [0.2, 0.25) is 0 Å². The van der Waals surface area contributed by atoms with E-state index in [4.69, 9.17) is 4.74 Å². The molecular formula is C15H24FNO. The van der Waals surface area contributed by atoms with Gasteiger partial charge in [0.2, 0.25) is 0 Å². The standard InChI is InChI=1S/C15H24FNO/c1-5-8-17-14(9-11(2)3)13-10-12(16)6-7-15(13)18-4/h6-7,10-11,14,17H,5,8-9H2,1-4H3. The molecule has 1 N–H and O–H groups in total. The van der Waals surface area contributed by atoms with Crippen LogP contribution in [0.4, 0.5) is 4.39 Å². The van der Waals surface area contributed by atoms with Crippen LogP contribution in [-0.2, 0) is 0 Å². The predicted molar refractivity (Wildman–Crippen MR) is 73.4 cm³/mol. The number of hydrogen-bond acceptors (Lipinski definition) is 2. The van der Waals surface area contributed by atoms with Crippen LogP contribution >= 0.6 is 0 Å². The highest BCUT2D eigenvalue weighted by Gasteiger charge is 2.17. The van der Waals surface area contributed by atoms with Crippen molar-refractivity contribution < 1.29 is 9.13 Å². The van der Waals surface area contributed by atoms with Gasteiger partial charge in [-0.15, -0.1) is 0 Å². The molecule has 0 aromatic heterocycles. The second-order valence-electron chi connectivity index (χ2n) is 5.02. The third-order valence-corrected chi connectivity index (χ3v) is 2.92. The highest BCUT2D eigenvalue weighted by molar-refractivity contribution is 5.36. The molecule has 1 atom stereocenters. The van der Waals surface area contributed by atoms with Crippen LogP contribution in [0.15, 0.2) is 18.2 Å². The van der Waals surface area contributed by atoms with Crippen molar-refractivity contribution in [3.8, 4) is 5.75 Å². The smallest absolute Gasteiger partial charge is 0.123 e. The minimum absolute atomic E-state index is 0.149. The van der Waals surface area contributed by atoms with Gasteiger partial charge in [-0.1, -0.05) is 20.8 Å². The fraction of sp³-hybridized carbons (Fsp3) is 0.600. The quantitative estimate of drug-likeness (QED) is 0.795. The van der Waals surface area contributed by atoms with Crippen molar-refractivity contribution in [3.05, 3.63) is 29.6 Å². The van der Waals surface area contributed by atoms with Gasteiger partial charge in [-0.05, 0) is 43.5 Å². The maximum absolute atomic E-state index is 13.4. The van der Waals surface area contributed by atoms with Gasteiger partial charge >= 0.3 is 0 Å². The van der Waals surface area contributed by atoms with Crippen LogP contribution in [0.25, 0.3) is 0 Å². The summed E-state index contributed by atoms with van der Waals surface area (Å²) in [6.45, 7) is 7.40. The SMILES string of the molecule is CCCNC(CC(C)C)c1cc(F)ccc1OC. The lowest BCUT2D eigenvalue weighted by molar-refractivity contribution is 0.379. The molecule has 1 unspecified atom stereocenters. The molecule has 0 heterocycles. The van der Waals surface area contributed by atoms with Crippen molar-refractivity contribution >= 4 is 0 Å². The normalized spacial score (nSPS) is 12.8. The Bertz CT molecular complexity index is 366. The molecule has 102 valence electrons. The molecule has 0 saturated heterocycles. The number of nitrogens with one attached hydrogen (secondary N) is 1. The Morgan fingerprint density at radius 1 is 1.33 bits per heavy atom. The molecule has 0 aliphatic carbocycles. The summed E-state index contributed by atoms with van der Waals surface area (Å²) in [7, 11) is 1.63. The lowest BCUT2D eigenvalue weighted by Gasteiger charge is -2.23. The van der Waals surface area contributed by atoms with Crippen molar-refractivity contribution in [1.29, 1.82) is 0 Å². The zero-order valence-corrected chi connectivity index (χ0v) is 11.8. The van der Waals surface area contributed by atoms with E-state index in [2.05, 4.69) is 26.1 Å². The maximum Gasteiger partial charge on any atom is 0.123 e. The second kappa shape index (κ2) is 7.37. The largest absolute Gasteiger partial charge is 0.496 e. The Hall–Kier alpha value is -1.09. The summed E-state index contributed by atoms with van der Waals surface area (Å²) in [5, 5.41) is 3.47. The summed E-state index contributed by atoms with van der Waals surface area (Å²) in [5.41, 5.74) is 0.916. The highest BCUT2D eigenvalue weighted by Crippen LogP contribution is 2.30. The molecule has 0 aliphatic rings. The van der Waals surface area contributed by atoms with E-state index in [-0.39, 0.29) is 11.9 Å². The van der Waals surface area contributed by atoms with Crippen molar-refractivity contribution in [1.82, 2.24) is 5.32 Å². The van der Waals surface area contributed by atoms with Crippen LogP contribution in [0.5, 0.6) is 5.75 Å². The van der Waals surface area contributed by atoms with Gasteiger partial charge in [0, 0.05) is 11.6 Å². The van der Waals surface area contributed by atoms with E-state index in [1.807, 2.05) is 0 Å². The number of rotatable bonds is 7. The first-order valence-corrected chi connectivity index (χ1v) is 6.65. The van der Waals surface area contributed by atoms with Gasteiger partial charge in [0.05, 0.1) is 7.11 Å². The van der Waals surface area contributed by atoms with Crippen LogP contribution in [0.1, 0.15) is 45.2 Å². The van der Waals surface area contributed by atoms with Crippen LogP contribution in [0, 0.1) is 11.7 Å². The fourth-order valence-corrected chi connectivity index (χ4v) is 2.09. The van der Waals surface area contributed by atoms with Crippen molar-refractivity contribution in [2.24, 2.45) is 5.92 Å². The number of benzene rings is 1. The van der Waals surface area contributed by atoms with E-state index < -0.39 is 0 Å². The number of hydrogen-bond donors (Lipinski definition) is 1. The summed E-state index contributed by atoms with van der Waals surface area (Å²) >= 11 is 0. The number of ether oxygens (including phenoxy) is 1. The molecule has 1 aromatic carbocycles. The molecule has 0 radical (unpaired) electrons. The van der Waals surface area contributed by atoms with Gasteiger partial charge in [0.15, 0.2) is 0 Å². The Morgan fingerprint density at radius 3 is 2.61 bits per heavy atom. The van der Waals surface area contributed by atoms with Crippen LogP contribution in [-0.4, -0.2) is 13.7 Å². The summed E-state index contributed by atoms with van der Waals surface area (Å²) in [5.74, 6) is 1.09. The van der Waals surface area contributed by atoms with Crippen molar-refractivity contribution in [3.63, 3.8) is 0 Å². The molecule has 1 rings (SSSR count). The van der Waals surface area contributed by atoms with Gasteiger partial charge in [0.1, 0.15) is 11.6 Å². The average Bonchev–Trinajstić information content (AvgIpc) is 2.34. The average molecular weight is 253 g/mol. The van der Waals surface area contributed by atoms with Crippen LogP contribution < -0.4 is 10.1 Å². The molecular weight excluding hydrogens is 229 g/mol. The second-order valence-corrected chi connectivity index (χ2v) is 5.02. The molecule has 0 spiro atoms. The van der Waals surface area contributed by atoms with Crippen molar-refractivity contribution in [2.75, 3.05) is 13.7 Å². The van der Waals surface area contributed by atoms with E-state index in [0.717, 1.165) is 30.7 Å². The summed E-state index contributed by atoms with van der Waals surface area (Å²) in [6, 6.07) is 4.87. The molecule has 3 heteroatoms. The minimum Gasteiger partial charge on any atom is -0.496 e. The predicted octanol–water partition coefficient (Wildman–Crippen LogP) is 3.92. The molecule has 2 nitrogen and oxygen atoms in total. The van der Waals surface area contributed by atoms with E-state index in [1.54, 1.807) is 19.2 Å². The first-order chi connectivity index (χ1) is 8.58. The highest BCUT2D eigenvalue weighted by atomic mass is 19.1. The maximum atomic E-state index is 13.4. The van der Waals surface area contributed by atoms with Crippen LogP contribution in [0.3, 0.4) is 0 Å². The summed E-state index contributed by atoms with van der Waals surface area (Å²) in [4.78, 5) is 0. The first-order valence-electron chi connectivity index (χ1n) is 6.65. The first kappa shape index (κ1) is 15.0. The van der Waals surface area contributed by atoms with Gasteiger partial charge in [-0.3, -0.25) is 0 Å². The molecule has 0 saturated carbocycles. The lowest BCUT2D eigenvalue weighted by atomic mass is 9.96. The molecule has 0 aliphatic heterocycles. The topological polar surface area (TPSA) is 21.3 Å². The fourth-order valence-electron chi connectivity index (χ4n) is 2.09. The third kappa shape index (κ3) is 4.30. The molecule has 0 fully saturated rings. The Balaban J connectivity index is 2.98. The zero-order valence-electron chi connectivity index (χ0n) is 11.8. The Labute approximate surface area is 110 Å². The molecule has 0 bridgehead atoms. The molecule has 18 heavy (non-hydrogen) atoms. The number of methoxy groups -OCH3 is 1. The third-order valence-electron chi connectivity index (χ3n) is 2.92. The van der Waals surface area contributed by atoms with Gasteiger partial charge < -0.3 is 10.1 Å². The van der Waals surface area contributed by atoms with Gasteiger partial charge in [-0.25, -0.2) is 4.39 Å². The van der Waals surface area contributed by atoms with E-state index in [9.17, 15) is 4.39 Å². The molecule has 1 aromatic rings.